The summed E-state index contributed by atoms with van der Waals surface area (Å²) in [4.78, 5) is 12.3. The maximum atomic E-state index is 11.5. The summed E-state index contributed by atoms with van der Waals surface area (Å²) >= 11 is 1.46. The molecule has 0 unspecified atom stereocenters. The van der Waals surface area contributed by atoms with Crippen LogP contribution in [0.3, 0.4) is 0 Å². The first-order valence-corrected chi connectivity index (χ1v) is 5.30. The van der Waals surface area contributed by atoms with E-state index in [1.165, 1.54) is 11.3 Å². The van der Waals surface area contributed by atoms with Crippen LogP contribution in [-0.2, 0) is 9.53 Å². The highest BCUT2D eigenvalue weighted by molar-refractivity contribution is 7.10. The van der Waals surface area contributed by atoms with Crippen molar-refractivity contribution < 1.29 is 9.53 Å². The number of nitrogens with two attached hydrogens (primary N) is 1. The normalized spacial score (nSPS) is 13.7. The number of rotatable bonds is 2. The number of hydrogen-bond donors (Lipinski definition) is 1. The molecule has 1 heterocycles. The van der Waals surface area contributed by atoms with Crippen LogP contribution in [0.5, 0.6) is 0 Å². The zero-order valence-corrected chi connectivity index (χ0v) is 9.43. The predicted molar refractivity (Wildman–Crippen MR) is 57.1 cm³/mol. The van der Waals surface area contributed by atoms with Gasteiger partial charge in [0.15, 0.2) is 0 Å². The number of carbonyl (C=O) groups is 1. The smallest absolute Gasteiger partial charge is 0.328 e. The van der Waals surface area contributed by atoms with Crippen molar-refractivity contribution in [1.29, 1.82) is 0 Å². The van der Waals surface area contributed by atoms with E-state index >= 15 is 0 Å². The van der Waals surface area contributed by atoms with Gasteiger partial charge in [-0.2, -0.15) is 0 Å². The van der Waals surface area contributed by atoms with Crippen molar-refractivity contribution in [2.45, 2.75) is 32.4 Å². The first kappa shape index (κ1) is 11.2. The molecular formula is C10H15NO2S. The zero-order valence-electron chi connectivity index (χ0n) is 8.61. The Morgan fingerprint density at radius 2 is 2.21 bits per heavy atom. The molecule has 2 N–H and O–H groups in total. The molecule has 0 aliphatic carbocycles. The molecule has 0 fully saturated rings. The molecule has 1 atom stereocenters. The van der Waals surface area contributed by atoms with E-state index in [1.54, 1.807) is 0 Å². The van der Waals surface area contributed by atoms with Crippen molar-refractivity contribution in [3.8, 4) is 0 Å². The van der Waals surface area contributed by atoms with Crippen LogP contribution < -0.4 is 5.73 Å². The minimum atomic E-state index is -0.658. The molecule has 14 heavy (non-hydrogen) atoms. The maximum Gasteiger partial charge on any atom is 0.328 e. The third-order valence-corrected chi connectivity index (χ3v) is 2.47. The standard InChI is InChI=1S/C10H15NO2S/c1-10(2,3)13-9(12)8(11)7-5-4-6-14-7/h4-6,8H,11H2,1-3H3/t8-/m1/s1. The highest BCUT2D eigenvalue weighted by Gasteiger charge is 2.23. The van der Waals surface area contributed by atoms with Gasteiger partial charge in [-0.3, -0.25) is 0 Å². The predicted octanol–water partition coefficient (Wildman–Crippen LogP) is 2.09. The van der Waals surface area contributed by atoms with Gasteiger partial charge in [-0.15, -0.1) is 11.3 Å². The quantitative estimate of drug-likeness (QED) is 0.765. The Balaban J connectivity index is 2.63. The van der Waals surface area contributed by atoms with Crippen molar-refractivity contribution in [3.05, 3.63) is 22.4 Å². The molecule has 3 nitrogen and oxygen atoms in total. The van der Waals surface area contributed by atoms with Crippen LogP contribution in [-0.4, -0.2) is 11.6 Å². The molecule has 0 amide bonds. The number of esters is 1. The highest BCUT2D eigenvalue weighted by atomic mass is 32.1. The number of hydrogen-bond acceptors (Lipinski definition) is 4. The molecule has 1 rings (SSSR count). The second-order valence-corrected chi connectivity index (χ2v) is 5.01. The van der Waals surface area contributed by atoms with Crippen LogP contribution >= 0.6 is 11.3 Å². The average Bonchev–Trinajstić information content (AvgIpc) is 2.51. The highest BCUT2D eigenvalue weighted by Crippen LogP contribution is 2.20. The minimum absolute atomic E-state index is 0.375. The van der Waals surface area contributed by atoms with Gasteiger partial charge in [-0.05, 0) is 32.2 Å². The third-order valence-electron chi connectivity index (χ3n) is 1.51. The van der Waals surface area contributed by atoms with Crippen molar-refractivity contribution in [1.82, 2.24) is 0 Å². The van der Waals surface area contributed by atoms with Crippen molar-refractivity contribution in [3.63, 3.8) is 0 Å². The van der Waals surface area contributed by atoms with Crippen LogP contribution in [0, 0.1) is 0 Å². The average molecular weight is 213 g/mol. The molecule has 0 radical (unpaired) electrons. The fourth-order valence-corrected chi connectivity index (χ4v) is 1.66. The Morgan fingerprint density at radius 3 is 2.64 bits per heavy atom. The van der Waals surface area contributed by atoms with Crippen molar-refractivity contribution >= 4 is 17.3 Å². The van der Waals surface area contributed by atoms with Gasteiger partial charge in [0.2, 0.25) is 0 Å². The van der Waals surface area contributed by atoms with Crippen molar-refractivity contribution in [2.75, 3.05) is 0 Å². The lowest BCUT2D eigenvalue weighted by molar-refractivity contribution is -0.156. The summed E-state index contributed by atoms with van der Waals surface area (Å²) in [6.45, 7) is 5.48. The molecule has 0 aliphatic rings. The topological polar surface area (TPSA) is 52.3 Å². The molecule has 0 saturated carbocycles. The number of ether oxygens (including phenoxy) is 1. The van der Waals surface area contributed by atoms with Gasteiger partial charge >= 0.3 is 5.97 Å². The van der Waals surface area contributed by atoms with Crippen molar-refractivity contribution in [2.24, 2.45) is 5.73 Å². The summed E-state index contributed by atoms with van der Waals surface area (Å²) in [5.41, 5.74) is 5.25. The molecule has 4 heteroatoms. The number of carbonyl (C=O) groups excluding carboxylic acids is 1. The van der Waals surface area contributed by atoms with Gasteiger partial charge in [0.1, 0.15) is 11.6 Å². The molecule has 0 aromatic carbocycles. The Morgan fingerprint density at radius 1 is 1.57 bits per heavy atom. The van der Waals surface area contributed by atoms with E-state index in [-0.39, 0.29) is 5.97 Å². The summed E-state index contributed by atoms with van der Waals surface area (Å²) in [6, 6.07) is 3.04. The fraction of sp³-hybridized carbons (Fsp3) is 0.500. The molecular weight excluding hydrogens is 198 g/mol. The lowest BCUT2D eigenvalue weighted by atomic mass is 10.2. The van der Waals surface area contributed by atoms with Gasteiger partial charge in [0, 0.05) is 4.88 Å². The lowest BCUT2D eigenvalue weighted by Gasteiger charge is -2.21. The number of thiophene rings is 1. The fourth-order valence-electron chi connectivity index (χ4n) is 0.950. The van der Waals surface area contributed by atoms with E-state index in [0.29, 0.717) is 0 Å². The molecule has 0 bridgehead atoms. The van der Waals surface area contributed by atoms with Crippen LogP contribution in [0.25, 0.3) is 0 Å². The summed E-state index contributed by atoms with van der Waals surface area (Å²) in [6.07, 6.45) is 0. The first-order chi connectivity index (χ1) is 6.40. The van der Waals surface area contributed by atoms with Gasteiger partial charge in [0.05, 0.1) is 0 Å². The second kappa shape index (κ2) is 4.11. The Labute approximate surface area is 87.9 Å². The maximum absolute atomic E-state index is 11.5. The van der Waals surface area contributed by atoms with E-state index in [0.717, 1.165) is 4.88 Å². The van der Waals surface area contributed by atoms with Gasteiger partial charge in [0.25, 0.3) is 0 Å². The molecule has 0 aliphatic heterocycles. The Kier molecular flexibility index (Phi) is 3.29. The van der Waals surface area contributed by atoms with E-state index in [9.17, 15) is 4.79 Å². The Hall–Kier alpha value is -0.870. The summed E-state index contributed by atoms with van der Waals surface area (Å²) in [5.74, 6) is -0.375. The molecule has 0 spiro atoms. The summed E-state index contributed by atoms with van der Waals surface area (Å²) < 4.78 is 5.17. The monoisotopic (exact) mass is 213 g/mol. The molecule has 0 saturated heterocycles. The first-order valence-electron chi connectivity index (χ1n) is 4.42. The Bertz CT molecular complexity index is 300. The molecule has 78 valence electrons. The molecule has 1 aromatic heterocycles. The van der Waals surface area contributed by atoms with Gasteiger partial charge in [-0.25, -0.2) is 4.79 Å². The second-order valence-electron chi connectivity index (χ2n) is 4.03. The molecule has 1 aromatic rings. The van der Waals surface area contributed by atoms with Gasteiger partial charge < -0.3 is 10.5 Å². The van der Waals surface area contributed by atoms with Crippen LogP contribution in [0.2, 0.25) is 0 Å². The van der Waals surface area contributed by atoms with E-state index in [1.807, 2.05) is 38.3 Å². The van der Waals surface area contributed by atoms with E-state index < -0.39 is 11.6 Å². The van der Waals surface area contributed by atoms with Crippen LogP contribution in [0.1, 0.15) is 31.7 Å². The third kappa shape index (κ3) is 3.12. The minimum Gasteiger partial charge on any atom is -0.459 e. The van der Waals surface area contributed by atoms with Gasteiger partial charge in [-0.1, -0.05) is 6.07 Å². The largest absolute Gasteiger partial charge is 0.459 e. The lowest BCUT2D eigenvalue weighted by Crippen LogP contribution is -2.31. The van der Waals surface area contributed by atoms with E-state index in [2.05, 4.69) is 0 Å². The SMILES string of the molecule is CC(C)(C)OC(=O)[C@H](N)c1cccs1. The van der Waals surface area contributed by atoms with Crippen LogP contribution in [0.4, 0.5) is 0 Å². The van der Waals surface area contributed by atoms with E-state index in [4.69, 9.17) is 10.5 Å². The summed E-state index contributed by atoms with van der Waals surface area (Å²) in [7, 11) is 0. The van der Waals surface area contributed by atoms with Crippen LogP contribution in [0.15, 0.2) is 17.5 Å². The zero-order chi connectivity index (χ0) is 10.8. The summed E-state index contributed by atoms with van der Waals surface area (Å²) in [5, 5.41) is 1.89.